The van der Waals surface area contributed by atoms with Gasteiger partial charge in [-0.2, -0.15) is 0 Å². The number of aromatic hydroxyl groups is 1. The lowest BCUT2D eigenvalue weighted by atomic mass is 10.1. The van der Waals surface area contributed by atoms with Crippen LogP contribution in [0.15, 0.2) is 48.5 Å². The molecular formula is C20H23NO4. The summed E-state index contributed by atoms with van der Waals surface area (Å²) in [6.45, 7) is 3.34. The molecule has 2 aromatic carbocycles. The summed E-state index contributed by atoms with van der Waals surface area (Å²) < 4.78 is 10.6. The van der Waals surface area contributed by atoms with E-state index in [-0.39, 0.29) is 24.7 Å². The van der Waals surface area contributed by atoms with Gasteiger partial charge in [-0.05, 0) is 23.6 Å². The van der Waals surface area contributed by atoms with Gasteiger partial charge in [-0.3, -0.25) is 4.79 Å². The van der Waals surface area contributed by atoms with Crippen LogP contribution in [0.1, 0.15) is 17.5 Å². The third kappa shape index (κ3) is 4.97. The minimum Gasteiger partial charge on any atom is -0.508 e. The van der Waals surface area contributed by atoms with E-state index in [1.807, 2.05) is 42.5 Å². The summed E-state index contributed by atoms with van der Waals surface area (Å²) >= 11 is 0. The Bertz CT molecular complexity index is 696. The van der Waals surface area contributed by atoms with Crippen molar-refractivity contribution >= 4 is 11.7 Å². The number of benzene rings is 2. The number of nitrogens with zero attached hydrogens (tertiary/aromatic N) is 1. The quantitative estimate of drug-likeness (QED) is 0.819. The summed E-state index contributed by atoms with van der Waals surface area (Å²) in [6, 6.07) is 15.2. The van der Waals surface area contributed by atoms with Crippen molar-refractivity contribution in [3.8, 4) is 5.75 Å². The lowest BCUT2D eigenvalue weighted by Crippen LogP contribution is -2.36. The lowest BCUT2D eigenvalue weighted by Gasteiger charge is -2.29. The molecule has 1 saturated heterocycles. The Morgan fingerprint density at radius 1 is 1.12 bits per heavy atom. The van der Waals surface area contributed by atoms with E-state index >= 15 is 0 Å². The van der Waals surface area contributed by atoms with Crippen LogP contribution in [-0.2, 0) is 27.3 Å². The Kier molecular flexibility index (Phi) is 5.90. The molecule has 0 unspecified atom stereocenters. The molecule has 132 valence electrons. The van der Waals surface area contributed by atoms with E-state index in [9.17, 15) is 9.90 Å². The van der Waals surface area contributed by atoms with Crippen LogP contribution in [0, 0.1) is 0 Å². The number of hydrogen-bond acceptors (Lipinski definition) is 5. The van der Waals surface area contributed by atoms with Gasteiger partial charge in [0.2, 0.25) is 0 Å². The highest BCUT2D eigenvalue weighted by atomic mass is 16.5. The van der Waals surface area contributed by atoms with Crippen LogP contribution in [0.2, 0.25) is 0 Å². The number of ether oxygens (including phenoxy) is 2. The molecule has 0 aliphatic carbocycles. The van der Waals surface area contributed by atoms with Crippen LogP contribution < -0.4 is 4.90 Å². The van der Waals surface area contributed by atoms with Crippen molar-refractivity contribution in [1.82, 2.24) is 0 Å². The first-order valence-corrected chi connectivity index (χ1v) is 8.56. The molecule has 0 spiro atoms. The van der Waals surface area contributed by atoms with Crippen molar-refractivity contribution in [2.45, 2.75) is 19.4 Å². The fourth-order valence-corrected chi connectivity index (χ4v) is 2.83. The Morgan fingerprint density at radius 2 is 1.88 bits per heavy atom. The molecule has 0 saturated carbocycles. The fraction of sp³-hybridized carbons (Fsp3) is 0.350. The van der Waals surface area contributed by atoms with Gasteiger partial charge in [0.05, 0.1) is 13.2 Å². The predicted octanol–water partition coefficient (Wildman–Crippen LogP) is 2.90. The largest absolute Gasteiger partial charge is 0.508 e. The van der Waals surface area contributed by atoms with Gasteiger partial charge in [0, 0.05) is 31.3 Å². The fourth-order valence-electron chi connectivity index (χ4n) is 2.83. The Hall–Kier alpha value is -2.53. The summed E-state index contributed by atoms with van der Waals surface area (Å²) in [7, 11) is 0. The van der Waals surface area contributed by atoms with Crippen molar-refractivity contribution in [2.75, 3.05) is 31.2 Å². The van der Waals surface area contributed by atoms with E-state index in [0.29, 0.717) is 19.6 Å². The third-order valence-electron chi connectivity index (χ3n) is 4.29. The van der Waals surface area contributed by atoms with Crippen molar-refractivity contribution in [2.24, 2.45) is 0 Å². The number of phenols is 1. The number of rotatable bonds is 6. The van der Waals surface area contributed by atoms with Crippen LogP contribution in [0.25, 0.3) is 0 Å². The maximum Gasteiger partial charge on any atom is 0.306 e. The molecule has 0 amide bonds. The van der Waals surface area contributed by atoms with Gasteiger partial charge >= 0.3 is 5.97 Å². The maximum absolute atomic E-state index is 11.9. The summed E-state index contributed by atoms with van der Waals surface area (Å²) in [4.78, 5) is 14.1. The molecule has 1 aliphatic rings. The van der Waals surface area contributed by atoms with Gasteiger partial charge in [0.25, 0.3) is 0 Å². The highest BCUT2D eigenvalue weighted by molar-refractivity contribution is 5.70. The molecule has 3 rings (SSSR count). The third-order valence-corrected chi connectivity index (χ3v) is 4.29. The Labute approximate surface area is 147 Å². The first-order valence-electron chi connectivity index (χ1n) is 8.56. The highest BCUT2D eigenvalue weighted by Crippen LogP contribution is 2.26. The van der Waals surface area contributed by atoms with E-state index in [1.165, 1.54) is 0 Å². The van der Waals surface area contributed by atoms with Gasteiger partial charge in [0.15, 0.2) is 0 Å². The molecule has 1 aliphatic heterocycles. The minimum absolute atomic E-state index is 0.222. The second-order valence-corrected chi connectivity index (χ2v) is 6.06. The number of esters is 1. The Morgan fingerprint density at radius 3 is 2.60 bits per heavy atom. The lowest BCUT2D eigenvalue weighted by molar-refractivity contribution is -0.144. The second kappa shape index (κ2) is 8.53. The maximum atomic E-state index is 11.9. The number of aryl methyl sites for hydroxylation is 1. The number of carbonyl (C=O) groups is 1. The van der Waals surface area contributed by atoms with E-state index in [1.54, 1.807) is 6.07 Å². The predicted molar refractivity (Wildman–Crippen MR) is 95.7 cm³/mol. The molecule has 0 bridgehead atoms. The van der Waals surface area contributed by atoms with E-state index in [2.05, 4.69) is 4.90 Å². The average Bonchev–Trinajstić information content (AvgIpc) is 2.67. The SMILES string of the molecule is O=C(CCc1ccc(N2CCOCC2)cc1O)OCc1ccccc1. The second-order valence-electron chi connectivity index (χ2n) is 6.06. The summed E-state index contributed by atoms with van der Waals surface area (Å²) in [5.41, 5.74) is 2.71. The zero-order chi connectivity index (χ0) is 17.5. The normalized spacial score (nSPS) is 14.3. The Balaban J connectivity index is 1.49. The summed E-state index contributed by atoms with van der Waals surface area (Å²) in [5.74, 6) is -0.0413. The van der Waals surface area contributed by atoms with Crippen molar-refractivity contribution < 1.29 is 19.4 Å². The van der Waals surface area contributed by atoms with Crippen LogP contribution in [0.5, 0.6) is 5.75 Å². The van der Waals surface area contributed by atoms with E-state index in [0.717, 1.165) is 29.9 Å². The van der Waals surface area contributed by atoms with Crippen LogP contribution in [-0.4, -0.2) is 37.4 Å². The number of hydrogen-bond donors (Lipinski definition) is 1. The zero-order valence-electron chi connectivity index (χ0n) is 14.2. The molecule has 25 heavy (non-hydrogen) atoms. The summed E-state index contributed by atoms with van der Waals surface area (Å²) in [6.07, 6.45) is 0.708. The molecule has 1 N–H and O–H groups in total. The van der Waals surface area contributed by atoms with Crippen LogP contribution in [0.3, 0.4) is 0 Å². The van der Waals surface area contributed by atoms with Crippen molar-refractivity contribution in [3.05, 3.63) is 59.7 Å². The van der Waals surface area contributed by atoms with Gasteiger partial charge in [-0.15, -0.1) is 0 Å². The molecule has 1 heterocycles. The van der Waals surface area contributed by atoms with Gasteiger partial charge < -0.3 is 19.5 Å². The molecule has 5 nitrogen and oxygen atoms in total. The molecule has 0 atom stereocenters. The number of morpholine rings is 1. The molecule has 1 fully saturated rings. The molecule has 0 radical (unpaired) electrons. The van der Waals surface area contributed by atoms with E-state index < -0.39 is 0 Å². The molecule has 5 heteroatoms. The topological polar surface area (TPSA) is 59.0 Å². The first kappa shape index (κ1) is 17.3. The van der Waals surface area contributed by atoms with Gasteiger partial charge in [0.1, 0.15) is 12.4 Å². The number of anilines is 1. The standard InChI is InChI=1S/C20H23NO4/c22-19-14-18(21-10-12-24-13-11-21)8-6-17(19)7-9-20(23)25-15-16-4-2-1-3-5-16/h1-6,8,14,22H,7,9-13,15H2. The number of phenolic OH excluding ortho intramolecular Hbond substituents is 1. The van der Waals surface area contributed by atoms with Crippen molar-refractivity contribution in [1.29, 1.82) is 0 Å². The van der Waals surface area contributed by atoms with Crippen LogP contribution in [0.4, 0.5) is 5.69 Å². The monoisotopic (exact) mass is 341 g/mol. The van der Waals surface area contributed by atoms with Crippen LogP contribution >= 0.6 is 0 Å². The highest BCUT2D eigenvalue weighted by Gasteiger charge is 2.13. The molecular weight excluding hydrogens is 318 g/mol. The van der Waals surface area contributed by atoms with Crippen molar-refractivity contribution in [3.63, 3.8) is 0 Å². The number of carbonyl (C=O) groups excluding carboxylic acids is 1. The smallest absolute Gasteiger partial charge is 0.306 e. The minimum atomic E-state index is -0.263. The average molecular weight is 341 g/mol. The summed E-state index contributed by atoms with van der Waals surface area (Å²) in [5, 5.41) is 10.2. The zero-order valence-corrected chi connectivity index (χ0v) is 14.2. The first-order chi connectivity index (χ1) is 12.2. The molecule has 0 aromatic heterocycles. The van der Waals surface area contributed by atoms with Gasteiger partial charge in [-0.25, -0.2) is 0 Å². The molecule has 2 aromatic rings. The van der Waals surface area contributed by atoms with E-state index in [4.69, 9.17) is 9.47 Å². The van der Waals surface area contributed by atoms with Gasteiger partial charge in [-0.1, -0.05) is 36.4 Å².